The molecule has 2 aliphatic heterocycles. The number of pyridine rings is 1. The molecule has 2 N–H and O–H groups in total. The maximum Gasteiger partial charge on any atom is 0.253 e. The molecule has 0 unspecified atom stereocenters. The zero-order valence-corrected chi connectivity index (χ0v) is 12.7. The molecule has 3 rings (SSSR count). The highest BCUT2D eigenvalue weighted by Gasteiger charge is 2.28. The SMILES string of the molecule is CC1(NC(=O)c2ccc(N3CCCC3)nc2)CCNCC1. The van der Waals surface area contributed by atoms with Gasteiger partial charge in [0.25, 0.3) is 5.91 Å². The quantitative estimate of drug-likeness (QED) is 0.886. The molecular formula is C16H24N4O. The highest BCUT2D eigenvalue weighted by Crippen LogP contribution is 2.20. The lowest BCUT2D eigenvalue weighted by Gasteiger charge is -2.35. The summed E-state index contributed by atoms with van der Waals surface area (Å²) in [6, 6.07) is 3.85. The monoisotopic (exact) mass is 288 g/mol. The van der Waals surface area contributed by atoms with Gasteiger partial charge in [0.15, 0.2) is 0 Å². The molecular weight excluding hydrogens is 264 g/mol. The van der Waals surface area contributed by atoms with E-state index in [1.165, 1.54) is 12.8 Å². The summed E-state index contributed by atoms with van der Waals surface area (Å²) >= 11 is 0. The van der Waals surface area contributed by atoms with Crippen LogP contribution < -0.4 is 15.5 Å². The van der Waals surface area contributed by atoms with Crippen molar-refractivity contribution >= 4 is 11.7 Å². The molecule has 0 aromatic carbocycles. The van der Waals surface area contributed by atoms with Gasteiger partial charge in [0.05, 0.1) is 5.56 Å². The van der Waals surface area contributed by atoms with Crippen molar-refractivity contribution in [2.45, 2.75) is 38.1 Å². The Morgan fingerprint density at radius 2 is 2.00 bits per heavy atom. The molecule has 21 heavy (non-hydrogen) atoms. The van der Waals surface area contributed by atoms with Crippen LogP contribution in [0.1, 0.15) is 43.0 Å². The van der Waals surface area contributed by atoms with Gasteiger partial charge in [-0.15, -0.1) is 0 Å². The number of hydrogen-bond donors (Lipinski definition) is 2. The fraction of sp³-hybridized carbons (Fsp3) is 0.625. The van der Waals surface area contributed by atoms with Gasteiger partial charge in [0.1, 0.15) is 5.82 Å². The predicted octanol–water partition coefficient (Wildman–Crippen LogP) is 1.55. The number of nitrogens with one attached hydrogen (secondary N) is 2. The standard InChI is InChI=1S/C16H24N4O/c1-16(6-8-17-9-7-16)19-15(21)13-4-5-14(18-12-13)20-10-2-3-11-20/h4-5,12,17H,2-3,6-11H2,1H3,(H,19,21). The lowest BCUT2D eigenvalue weighted by Crippen LogP contribution is -2.52. The summed E-state index contributed by atoms with van der Waals surface area (Å²) in [5, 5.41) is 6.49. The molecule has 0 spiro atoms. The molecule has 2 aliphatic rings. The average molecular weight is 288 g/mol. The Bertz CT molecular complexity index is 488. The van der Waals surface area contributed by atoms with Crippen molar-refractivity contribution in [3.05, 3.63) is 23.9 Å². The minimum atomic E-state index is -0.101. The van der Waals surface area contributed by atoms with Crippen LogP contribution in [0.3, 0.4) is 0 Å². The van der Waals surface area contributed by atoms with Gasteiger partial charge in [-0.05, 0) is 57.8 Å². The number of carbonyl (C=O) groups excluding carboxylic acids is 1. The van der Waals surface area contributed by atoms with Crippen LogP contribution >= 0.6 is 0 Å². The van der Waals surface area contributed by atoms with E-state index in [2.05, 4.69) is 27.4 Å². The summed E-state index contributed by atoms with van der Waals surface area (Å²) in [5.74, 6) is 0.969. The third-order valence-corrected chi connectivity index (χ3v) is 4.56. The van der Waals surface area contributed by atoms with Crippen molar-refractivity contribution in [1.29, 1.82) is 0 Å². The number of rotatable bonds is 3. The number of aromatic nitrogens is 1. The maximum absolute atomic E-state index is 12.4. The Hall–Kier alpha value is -1.62. The summed E-state index contributed by atoms with van der Waals surface area (Å²) in [5.41, 5.74) is 0.549. The highest BCUT2D eigenvalue weighted by atomic mass is 16.1. The third-order valence-electron chi connectivity index (χ3n) is 4.56. The van der Waals surface area contributed by atoms with Gasteiger partial charge in [0.2, 0.25) is 0 Å². The molecule has 2 saturated heterocycles. The molecule has 2 fully saturated rings. The van der Waals surface area contributed by atoms with Crippen LogP contribution in [-0.2, 0) is 0 Å². The second kappa shape index (κ2) is 6.02. The first kappa shape index (κ1) is 14.3. The lowest BCUT2D eigenvalue weighted by atomic mass is 9.90. The van der Waals surface area contributed by atoms with Gasteiger partial charge in [-0.1, -0.05) is 0 Å². The van der Waals surface area contributed by atoms with Crippen molar-refractivity contribution in [3.63, 3.8) is 0 Å². The van der Waals surface area contributed by atoms with Crippen LogP contribution in [0.4, 0.5) is 5.82 Å². The molecule has 1 amide bonds. The normalized spacial score (nSPS) is 21.3. The van der Waals surface area contributed by atoms with Gasteiger partial charge >= 0.3 is 0 Å². The van der Waals surface area contributed by atoms with E-state index >= 15 is 0 Å². The van der Waals surface area contributed by atoms with E-state index in [1.54, 1.807) is 6.20 Å². The van der Waals surface area contributed by atoms with Crippen LogP contribution in [0, 0.1) is 0 Å². The summed E-state index contributed by atoms with van der Waals surface area (Å²) in [6.45, 7) is 6.19. The number of carbonyl (C=O) groups is 1. The van der Waals surface area contributed by atoms with E-state index < -0.39 is 0 Å². The van der Waals surface area contributed by atoms with Crippen LogP contribution in [0.25, 0.3) is 0 Å². The first-order valence-corrected chi connectivity index (χ1v) is 7.91. The fourth-order valence-corrected chi connectivity index (χ4v) is 3.10. The zero-order chi connectivity index (χ0) is 14.7. The van der Waals surface area contributed by atoms with Crippen molar-refractivity contribution in [1.82, 2.24) is 15.6 Å². The molecule has 1 aromatic heterocycles. The molecule has 3 heterocycles. The second-order valence-electron chi connectivity index (χ2n) is 6.36. The molecule has 5 heteroatoms. The zero-order valence-electron chi connectivity index (χ0n) is 12.7. The second-order valence-corrected chi connectivity index (χ2v) is 6.36. The van der Waals surface area contributed by atoms with E-state index in [9.17, 15) is 4.79 Å². The molecule has 0 radical (unpaired) electrons. The molecule has 1 aromatic rings. The third kappa shape index (κ3) is 3.35. The van der Waals surface area contributed by atoms with Gasteiger partial charge in [-0.2, -0.15) is 0 Å². The van der Waals surface area contributed by atoms with Crippen molar-refractivity contribution in [2.75, 3.05) is 31.1 Å². The molecule has 5 nitrogen and oxygen atoms in total. The Morgan fingerprint density at radius 3 is 2.62 bits per heavy atom. The topological polar surface area (TPSA) is 57.3 Å². The van der Waals surface area contributed by atoms with Gasteiger partial charge in [-0.3, -0.25) is 4.79 Å². The number of amides is 1. The minimum absolute atomic E-state index is 0.0140. The number of hydrogen-bond acceptors (Lipinski definition) is 4. The average Bonchev–Trinajstić information content (AvgIpc) is 3.02. The Labute approximate surface area is 126 Å². The summed E-state index contributed by atoms with van der Waals surface area (Å²) in [6.07, 6.45) is 6.11. The van der Waals surface area contributed by atoms with Crippen LogP contribution in [0.2, 0.25) is 0 Å². The molecule has 0 atom stereocenters. The Balaban J connectivity index is 1.64. The van der Waals surface area contributed by atoms with Crippen molar-refractivity contribution < 1.29 is 4.79 Å². The van der Waals surface area contributed by atoms with E-state index in [-0.39, 0.29) is 11.4 Å². The Morgan fingerprint density at radius 1 is 1.29 bits per heavy atom. The first-order valence-electron chi connectivity index (χ1n) is 7.91. The van der Waals surface area contributed by atoms with Crippen LogP contribution in [0.5, 0.6) is 0 Å². The van der Waals surface area contributed by atoms with E-state index in [4.69, 9.17) is 0 Å². The predicted molar refractivity (Wildman–Crippen MR) is 83.7 cm³/mol. The van der Waals surface area contributed by atoms with Crippen LogP contribution in [-0.4, -0.2) is 42.6 Å². The van der Waals surface area contributed by atoms with E-state index in [1.807, 2.05) is 12.1 Å². The number of anilines is 1. The maximum atomic E-state index is 12.4. The Kier molecular flexibility index (Phi) is 4.10. The van der Waals surface area contributed by atoms with E-state index in [0.717, 1.165) is 44.8 Å². The summed E-state index contributed by atoms with van der Waals surface area (Å²) in [7, 11) is 0. The van der Waals surface area contributed by atoms with Gasteiger partial charge in [-0.25, -0.2) is 4.98 Å². The fourth-order valence-electron chi connectivity index (χ4n) is 3.10. The summed E-state index contributed by atoms with van der Waals surface area (Å²) in [4.78, 5) is 19.1. The van der Waals surface area contributed by atoms with Gasteiger partial charge in [0, 0.05) is 24.8 Å². The molecule has 0 bridgehead atoms. The molecule has 114 valence electrons. The smallest absolute Gasteiger partial charge is 0.253 e. The number of piperidine rings is 1. The lowest BCUT2D eigenvalue weighted by molar-refractivity contribution is 0.0887. The summed E-state index contributed by atoms with van der Waals surface area (Å²) < 4.78 is 0. The van der Waals surface area contributed by atoms with Crippen LogP contribution in [0.15, 0.2) is 18.3 Å². The largest absolute Gasteiger partial charge is 0.357 e. The first-order chi connectivity index (χ1) is 10.2. The van der Waals surface area contributed by atoms with Gasteiger partial charge < -0.3 is 15.5 Å². The highest BCUT2D eigenvalue weighted by molar-refractivity contribution is 5.94. The molecule has 0 saturated carbocycles. The minimum Gasteiger partial charge on any atom is -0.357 e. The van der Waals surface area contributed by atoms with Crippen molar-refractivity contribution in [3.8, 4) is 0 Å². The van der Waals surface area contributed by atoms with Crippen molar-refractivity contribution in [2.24, 2.45) is 0 Å². The molecule has 0 aliphatic carbocycles. The van der Waals surface area contributed by atoms with E-state index in [0.29, 0.717) is 5.56 Å². The number of nitrogens with zero attached hydrogens (tertiary/aromatic N) is 2.